The lowest BCUT2D eigenvalue weighted by atomic mass is 9.55. The zero-order valence-corrected chi connectivity index (χ0v) is 16.7. The summed E-state index contributed by atoms with van der Waals surface area (Å²) in [7, 11) is 0. The first-order valence-corrected chi connectivity index (χ1v) is 10.3. The molecule has 2 fully saturated rings. The van der Waals surface area contributed by atoms with Crippen molar-refractivity contribution in [2.45, 2.75) is 90.7 Å². The molecule has 2 aliphatic heterocycles. The quantitative estimate of drug-likeness (QED) is 0.578. The van der Waals surface area contributed by atoms with E-state index in [2.05, 4.69) is 13.8 Å². The second-order valence-corrected chi connectivity index (χ2v) is 9.43. The second-order valence-electron chi connectivity index (χ2n) is 9.43. The van der Waals surface area contributed by atoms with Gasteiger partial charge in [-0.3, -0.25) is 0 Å². The maximum absolute atomic E-state index is 12.1. The number of aliphatic hydroxyl groups is 2. The molecule has 27 heavy (non-hydrogen) atoms. The van der Waals surface area contributed by atoms with Gasteiger partial charge in [-0.25, -0.2) is 4.79 Å². The first kappa shape index (κ1) is 19.4. The van der Waals surface area contributed by atoms with Crippen molar-refractivity contribution in [1.29, 1.82) is 0 Å². The fraction of sp³-hybridized carbons (Fsp3) is 0.857. The van der Waals surface area contributed by atoms with Crippen LogP contribution in [-0.2, 0) is 19.0 Å². The monoisotopic (exact) mass is 380 g/mol. The molecule has 152 valence electrons. The van der Waals surface area contributed by atoms with E-state index in [-0.39, 0.29) is 35.6 Å². The molecule has 6 heteroatoms. The molecule has 0 bridgehead atoms. The van der Waals surface area contributed by atoms with E-state index in [1.807, 2.05) is 6.92 Å². The summed E-state index contributed by atoms with van der Waals surface area (Å²) >= 11 is 0. The lowest BCUT2D eigenvalue weighted by Gasteiger charge is -2.57. The van der Waals surface area contributed by atoms with Crippen LogP contribution in [0.15, 0.2) is 11.1 Å². The maximum Gasteiger partial charge on any atom is 0.336 e. The molecular formula is C21H32O6. The molecule has 5 unspecified atom stereocenters. The smallest absolute Gasteiger partial charge is 0.336 e. The summed E-state index contributed by atoms with van der Waals surface area (Å²) in [6.07, 6.45) is 2.57. The summed E-state index contributed by atoms with van der Waals surface area (Å²) in [6.45, 7) is 8.30. The number of esters is 1. The van der Waals surface area contributed by atoms with E-state index < -0.39 is 12.6 Å². The highest BCUT2D eigenvalue weighted by Gasteiger charge is 2.56. The van der Waals surface area contributed by atoms with Crippen molar-refractivity contribution in [2.24, 2.45) is 23.2 Å². The molecule has 0 aromatic heterocycles. The van der Waals surface area contributed by atoms with E-state index in [0.29, 0.717) is 35.8 Å². The van der Waals surface area contributed by atoms with Crippen molar-refractivity contribution in [3.63, 3.8) is 0 Å². The fourth-order valence-electron chi connectivity index (χ4n) is 6.07. The van der Waals surface area contributed by atoms with Crippen LogP contribution in [0.1, 0.15) is 59.8 Å². The van der Waals surface area contributed by atoms with Crippen molar-refractivity contribution < 1.29 is 29.2 Å². The molecule has 2 N–H and O–H groups in total. The predicted octanol–water partition coefficient (Wildman–Crippen LogP) is 2.52. The summed E-state index contributed by atoms with van der Waals surface area (Å²) in [5, 5.41) is 19.6. The fourth-order valence-corrected chi connectivity index (χ4v) is 6.07. The minimum atomic E-state index is -1.10. The first-order chi connectivity index (χ1) is 12.7. The number of fused-ring (bicyclic) bond motifs is 2. The molecule has 0 amide bonds. The number of ether oxygens (including phenoxy) is 3. The van der Waals surface area contributed by atoms with Crippen LogP contribution in [0, 0.1) is 23.2 Å². The van der Waals surface area contributed by atoms with Crippen molar-refractivity contribution in [2.75, 3.05) is 0 Å². The van der Waals surface area contributed by atoms with E-state index in [1.54, 1.807) is 6.92 Å². The number of cyclic esters (lactones) is 1. The Balaban J connectivity index is 1.53. The Morgan fingerprint density at radius 1 is 1.15 bits per heavy atom. The number of aliphatic hydroxyl groups excluding tert-OH is 2. The van der Waals surface area contributed by atoms with Gasteiger partial charge >= 0.3 is 5.97 Å². The van der Waals surface area contributed by atoms with Crippen molar-refractivity contribution in [1.82, 2.24) is 0 Å². The minimum absolute atomic E-state index is 0.00118. The van der Waals surface area contributed by atoms with Crippen LogP contribution in [0.3, 0.4) is 0 Å². The minimum Gasteiger partial charge on any atom is -0.428 e. The van der Waals surface area contributed by atoms with Crippen LogP contribution in [0.25, 0.3) is 0 Å². The molecule has 1 saturated heterocycles. The number of hydrogen-bond acceptors (Lipinski definition) is 6. The van der Waals surface area contributed by atoms with Crippen molar-refractivity contribution >= 4 is 5.97 Å². The highest BCUT2D eigenvalue weighted by atomic mass is 16.6. The van der Waals surface area contributed by atoms with Gasteiger partial charge in [-0.2, -0.15) is 0 Å². The third-order valence-corrected chi connectivity index (χ3v) is 7.61. The van der Waals surface area contributed by atoms with Gasteiger partial charge in [-0.1, -0.05) is 13.8 Å². The summed E-state index contributed by atoms with van der Waals surface area (Å²) in [4.78, 5) is 12.1. The molecule has 0 radical (unpaired) electrons. The van der Waals surface area contributed by atoms with Gasteiger partial charge in [0.2, 0.25) is 6.29 Å². The summed E-state index contributed by atoms with van der Waals surface area (Å²) in [5.41, 5.74) is 1.44. The molecular weight excluding hydrogens is 348 g/mol. The Bertz CT molecular complexity index is 639. The summed E-state index contributed by atoms with van der Waals surface area (Å²) in [6, 6.07) is 0. The van der Waals surface area contributed by atoms with E-state index >= 15 is 0 Å². The van der Waals surface area contributed by atoms with Crippen molar-refractivity contribution in [3.05, 3.63) is 11.1 Å². The molecule has 2 aliphatic carbocycles. The van der Waals surface area contributed by atoms with Gasteiger partial charge < -0.3 is 24.4 Å². The zero-order valence-electron chi connectivity index (χ0n) is 16.7. The standard InChI is InChI=1S/C21H32O6/c1-10(25-11(2)22)12-5-6-15-17(7-12)26-18-9-14-13(19(23)27-20(14)24)8-16(18)21(15,3)4/h10-12,15-18,20,22,24H,5-9H2,1-4H3/t10-,11-,12?,15?,16?,17?,18?,20-/m0/s1. The van der Waals surface area contributed by atoms with Gasteiger partial charge in [0.05, 0.1) is 18.3 Å². The van der Waals surface area contributed by atoms with Crippen LogP contribution in [-0.4, -0.2) is 47.1 Å². The topological polar surface area (TPSA) is 85.2 Å². The molecule has 1 saturated carbocycles. The zero-order chi connectivity index (χ0) is 19.5. The van der Waals surface area contributed by atoms with Crippen LogP contribution >= 0.6 is 0 Å². The first-order valence-electron chi connectivity index (χ1n) is 10.3. The van der Waals surface area contributed by atoms with Gasteiger partial charge in [0.25, 0.3) is 0 Å². The van der Waals surface area contributed by atoms with Crippen LogP contribution in [0.5, 0.6) is 0 Å². The van der Waals surface area contributed by atoms with Crippen LogP contribution in [0.2, 0.25) is 0 Å². The SMILES string of the molecule is C[C@H](O[C@@H](C)O)C1CCC2C(C1)OC1CC3=C(CC1C2(C)C)C(=O)O[C@@H]3O. The Kier molecular flexibility index (Phi) is 4.90. The van der Waals surface area contributed by atoms with E-state index in [1.165, 1.54) is 0 Å². The lowest BCUT2D eigenvalue weighted by molar-refractivity contribution is -0.210. The van der Waals surface area contributed by atoms with E-state index in [9.17, 15) is 15.0 Å². The molecule has 6 nitrogen and oxygen atoms in total. The van der Waals surface area contributed by atoms with Crippen LogP contribution in [0.4, 0.5) is 0 Å². The molecule has 2 heterocycles. The Morgan fingerprint density at radius 3 is 2.59 bits per heavy atom. The summed E-state index contributed by atoms with van der Waals surface area (Å²) < 4.78 is 17.2. The van der Waals surface area contributed by atoms with Crippen molar-refractivity contribution in [3.8, 4) is 0 Å². The Morgan fingerprint density at radius 2 is 1.89 bits per heavy atom. The predicted molar refractivity (Wildman–Crippen MR) is 97.3 cm³/mol. The average molecular weight is 380 g/mol. The molecule has 4 rings (SSSR count). The average Bonchev–Trinajstić information content (AvgIpc) is 2.86. The maximum atomic E-state index is 12.1. The normalized spacial score (nSPS) is 42.7. The third-order valence-electron chi connectivity index (χ3n) is 7.61. The molecule has 0 aromatic rings. The van der Waals surface area contributed by atoms with Gasteiger partial charge in [-0.05, 0) is 62.7 Å². The van der Waals surface area contributed by atoms with E-state index in [4.69, 9.17) is 14.2 Å². The molecule has 0 aromatic carbocycles. The van der Waals surface area contributed by atoms with Gasteiger partial charge in [0, 0.05) is 17.6 Å². The number of hydrogen-bond donors (Lipinski definition) is 2. The van der Waals surface area contributed by atoms with Gasteiger partial charge in [-0.15, -0.1) is 0 Å². The Hall–Kier alpha value is -0.950. The number of carbonyl (C=O) groups excluding carboxylic acids is 1. The van der Waals surface area contributed by atoms with E-state index in [0.717, 1.165) is 19.3 Å². The largest absolute Gasteiger partial charge is 0.428 e. The lowest BCUT2D eigenvalue weighted by Crippen LogP contribution is -2.56. The van der Waals surface area contributed by atoms with Crippen LogP contribution < -0.4 is 0 Å². The molecule has 4 aliphatic rings. The van der Waals surface area contributed by atoms with Gasteiger partial charge in [0.1, 0.15) is 0 Å². The highest BCUT2D eigenvalue weighted by Crippen LogP contribution is 2.56. The number of carbonyl (C=O) groups is 1. The van der Waals surface area contributed by atoms with Gasteiger partial charge in [0.15, 0.2) is 6.29 Å². The highest BCUT2D eigenvalue weighted by molar-refractivity contribution is 5.92. The third kappa shape index (κ3) is 3.24. The molecule has 8 atom stereocenters. The molecule has 0 spiro atoms. The summed E-state index contributed by atoms with van der Waals surface area (Å²) in [5.74, 6) is 0.714. The number of rotatable bonds is 3. The Labute approximate surface area is 160 Å². The second kappa shape index (κ2) is 6.83.